The van der Waals surface area contributed by atoms with Gasteiger partial charge in [0.1, 0.15) is 5.69 Å². The van der Waals surface area contributed by atoms with Crippen LogP contribution in [0.3, 0.4) is 0 Å². The van der Waals surface area contributed by atoms with Gasteiger partial charge in [-0.1, -0.05) is 29.4 Å². The summed E-state index contributed by atoms with van der Waals surface area (Å²) < 4.78 is 5.28. The van der Waals surface area contributed by atoms with Crippen molar-refractivity contribution >= 4 is 16.9 Å². The van der Waals surface area contributed by atoms with Crippen molar-refractivity contribution in [3.8, 4) is 11.6 Å². The molecule has 0 saturated carbocycles. The molecule has 0 amide bonds. The monoisotopic (exact) mass is 403 g/mol. The molecule has 4 rings (SSSR count). The largest absolute Gasteiger partial charge is 0.361 e. The molecule has 0 fully saturated rings. The van der Waals surface area contributed by atoms with Crippen LogP contribution in [0, 0.1) is 6.92 Å². The zero-order chi connectivity index (χ0) is 20.8. The number of hydrogen-bond donors (Lipinski definition) is 3. The number of fused-ring (bicyclic) bond motifs is 1. The molecule has 0 unspecified atom stereocenters. The molecular weight excluding hydrogens is 378 g/mol. The van der Waals surface area contributed by atoms with Crippen molar-refractivity contribution in [3.63, 3.8) is 0 Å². The SMILES string of the molecule is CN=C(NCCc1noc(-c2ccccn2)n1)NCCc1c[nH]c2c(C)cccc12. The quantitative estimate of drug-likeness (QED) is 0.324. The molecular formula is C22H25N7O. The van der Waals surface area contributed by atoms with E-state index in [1.165, 1.54) is 22.0 Å². The highest BCUT2D eigenvalue weighted by molar-refractivity contribution is 5.86. The molecule has 30 heavy (non-hydrogen) atoms. The zero-order valence-electron chi connectivity index (χ0n) is 17.1. The predicted molar refractivity (Wildman–Crippen MR) is 117 cm³/mol. The highest BCUT2D eigenvalue weighted by atomic mass is 16.5. The lowest BCUT2D eigenvalue weighted by atomic mass is 10.1. The maximum absolute atomic E-state index is 5.28. The number of para-hydroxylation sites is 1. The second-order valence-electron chi connectivity index (χ2n) is 6.97. The number of aliphatic imine (C=N–C) groups is 1. The first-order chi connectivity index (χ1) is 14.7. The van der Waals surface area contributed by atoms with E-state index in [4.69, 9.17) is 4.52 Å². The number of aromatic amines is 1. The van der Waals surface area contributed by atoms with E-state index in [2.05, 4.69) is 67.1 Å². The fraction of sp³-hybridized carbons (Fsp3) is 0.273. The number of benzene rings is 1. The van der Waals surface area contributed by atoms with E-state index in [0.717, 1.165) is 18.9 Å². The van der Waals surface area contributed by atoms with E-state index in [-0.39, 0.29) is 0 Å². The van der Waals surface area contributed by atoms with Crippen LogP contribution >= 0.6 is 0 Å². The Morgan fingerprint density at radius 3 is 2.77 bits per heavy atom. The summed E-state index contributed by atoms with van der Waals surface area (Å²) in [7, 11) is 1.76. The van der Waals surface area contributed by atoms with E-state index < -0.39 is 0 Å². The molecule has 4 aromatic rings. The van der Waals surface area contributed by atoms with Crippen molar-refractivity contribution in [1.82, 2.24) is 30.7 Å². The van der Waals surface area contributed by atoms with E-state index >= 15 is 0 Å². The van der Waals surface area contributed by atoms with Crippen LogP contribution in [-0.4, -0.2) is 46.2 Å². The fourth-order valence-electron chi connectivity index (χ4n) is 3.35. The number of nitrogens with zero attached hydrogens (tertiary/aromatic N) is 4. The lowest BCUT2D eigenvalue weighted by Crippen LogP contribution is -2.39. The molecule has 0 aliphatic carbocycles. The zero-order valence-corrected chi connectivity index (χ0v) is 17.1. The standard InChI is InChI=1S/C22H25N7O/c1-15-6-5-7-17-16(14-27-20(15)17)9-12-25-22(23-2)26-13-10-19-28-21(30-29-19)18-8-3-4-11-24-18/h3-8,11,14,27H,9-10,12-13H2,1-2H3,(H2,23,25,26). The maximum atomic E-state index is 5.28. The molecule has 0 aliphatic heterocycles. The average Bonchev–Trinajstić information content (AvgIpc) is 3.41. The van der Waals surface area contributed by atoms with Crippen LogP contribution in [0.4, 0.5) is 0 Å². The summed E-state index contributed by atoms with van der Waals surface area (Å²) in [6.07, 6.45) is 5.32. The summed E-state index contributed by atoms with van der Waals surface area (Å²) in [6, 6.07) is 12.0. The lowest BCUT2D eigenvalue weighted by Gasteiger charge is -2.10. The number of pyridine rings is 1. The van der Waals surface area contributed by atoms with Gasteiger partial charge in [-0.05, 0) is 36.6 Å². The third-order valence-corrected chi connectivity index (χ3v) is 4.91. The van der Waals surface area contributed by atoms with Crippen molar-refractivity contribution in [3.05, 3.63) is 65.7 Å². The molecule has 0 spiro atoms. The Labute approximate surface area is 174 Å². The van der Waals surface area contributed by atoms with E-state index in [9.17, 15) is 0 Å². The van der Waals surface area contributed by atoms with Crippen LogP contribution in [0.1, 0.15) is 17.0 Å². The molecule has 3 N–H and O–H groups in total. The minimum atomic E-state index is 0.432. The van der Waals surface area contributed by atoms with Gasteiger partial charge in [-0.15, -0.1) is 0 Å². The van der Waals surface area contributed by atoms with Gasteiger partial charge in [0.2, 0.25) is 0 Å². The first kappa shape index (κ1) is 19.6. The van der Waals surface area contributed by atoms with E-state index in [1.54, 1.807) is 13.2 Å². The first-order valence-corrected chi connectivity index (χ1v) is 9.98. The lowest BCUT2D eigenvalue weighted by molar-refractivity contribution is 0.421. The van der Waals surface area contributed by atoms with Crippen molar-refractivity contribution in [2.45, 2.75) is 19.8 Å². The third kappa shape index (κ3) is 4.48. The maximum Gasteiger partial charge on any atom is 0.276 e. The summed E-state index contributed by atoms with van der Waals surface area (Å²) in [6.45, 7) is 3.55. The Morgan fingerprint density at radius 1 is 1.10 bits per heavy atom. The minimum Gasteiger partial charge on any atom is -0.361 e. The van der Waals surface area contributed by atoms with Gasteiger partial charge in [-0.2, -0.15) is 4.98 Å². The summed E-state index contributed by atoms with van der Waals surface area (Å²) in [5, 5.41) is 11.9. The van der Waals surface area contributed by atoms with Gasteiger partial charge in [0.15, 0.2) is 11.8 Å². The number of nitrogens with one attached hydrogen (secondary N) is 3. The van der Waals surface area contributed by atoms with Crippen LogP contribution in [0.2, 0.25) is 0 Å². The molecule has 0 atom stereocenters. The second-order valence-corrected chi connectivity index (χ2v) is 6.97. The summed E-state index contributed by atoms with van der Waals surface area (Å²) in [5.74, 6) is 1.81. The Bertz CT molecular complexity index is 1130. The van der Waals surface area contributed by atoms with Gasteiger partial charge in [0, 0.05) is 49.9 Å². The third-order valence-electron chi connectivity index (χ3n) is 4.91. The van der Waals surface area contributed by atoms with Crippen LogP contribution in [-0.2, 0) is 12.8 Å². The number of rotatable bonds is 7. The Hall–Kier alpha value is -3.68. The highest BCUT2D eigenvalue weighted by Crippen LogP contribution is 2.21. The van der Waals surface area contributed by atoms with Crippen molar-refractivity contribution in [2.24, 2.45) is 4.99 Å². The first-order valence-electron chi connectivity index (χ1n) is 9.98. The van der Waals surface area contributed by atoms with Gasteiger partial charge in [-0.25, -0.2) is 0 Å². The Morgan fingerprint density at radius 2 is 1.97 bits per heavy atom. The van der Waals surface area contributed by atoms with Gasteiger partial charge < -0.3 is 20.1 Å². The molecule has 0 radical (unpaired) electrons. The number of hydrogen-bond acceptors (Lipinski definition) is 5. The number of aromatic nitrogens is 4. The molecule has 3 heterocycles. The molecule has 1 aromatic carbocycles. The number of aryl methyl sites for hydroxylation is 1. The Kier molecular flexibility index (Phi) is 6.03. The summed E-state index contributed by atoms with van der Waals surface area (Å²) in [4.78, 5) is 16.3. The summed E-state index contributed by atoms with van der Waals surface area (Å²) in [5.41, 5.74) is 4.44. The van der Waals surface area contributed by atoms with Crippen molar-refractivity contribution in [2.75, 3.05) is 20.1 Å². The highest BCUT2D eigenvalue weighted by Gasteiger charge is 2.10. The van der Waals surface area contributed by atoms with E-state index in [1.807, 2.05) is 18.2 Å². The van der Waals surface area contributed by atoms with E-state index in [0.29, 0.717) is 30.4 Å². The predicted octanol–water partition coefficient (Wildman–Crippen LogP) is 2.87. The smallest absolute Gasteiger partial charge is 0.276 e. The van der Waals surface area contributed by atoms with Crippen LogP contribution in [0.25, 0.3) is 22.5 Å². The average molecular weight is 403 g/mol. The normalized spacial score (nSPS) is 11.7. The molecule has 8 heteroatoms. The molecule has 0 bridgehead atoms. The van der Waals surface area contributed by atoms with Crippen LogP contribution in [0.5, 0.6) is 0 Å². The topological polar surface area (TPSA) is 104 Å². The number of H-pyrrole nitrogens is 1. The van der Waals surface area contributed by atoms with Gasteiger partial charge in [0.25, 0.3) is 5.89 Å². The van der Waals surface area contributed by atoms with Crippen LogP contribution in [0.15, 0.2) is 58.3 Å². The number of guanidine groups is 1. The van der Waals surface area contributed by atoms with Gasteiger partial charge in [-0.3, -0.25) is 9.98 Å². The Balaban J connectivity index is 1.24. The molecule has 154 valence electrons. The minimum absolute atomic E-state index is 0.432. The van der Waals surface area contributed by atoms with Gasteiger partial charge >= 0.3 is 0 Å². The fourth-order valence-corrected chi connectivity index (χ4v) is 3.35. The molecule has 8 nitrogen and oxygen atoms in total. The van der Waals surface area contributed by atoms with Gasteiger partial charge in [0.05, 0.1) is 0 Å². The van der Waals surface area contributed by atoms with Crippen LogP contribution < -0.4 is 10.6 Å². The molecule has 0 saturated heterocycles. The summed E-state index contributed by atoms with van der Waals surface area (Å²) >= 11 is 0. The molecule has 3 aromatic heterocycles. The van der Waals surface area contributed by atoms with Crippen molar-refractivity contribution < 1.29 is 4.52 Å². The van der Waals surface area contributed by atoms with Crippen molar-refractivity contribution in [1.29, 1.82) is 0 Å². The molecule has 0 aliphatic rings. The second kappa shape index (κ2) is 9.21.